The van der Waals surface area contributed by atoms with Crippen LogP contribution in [0.15, 0.2) is 6.07 Å². The number of aromatic nitrogens is 2. The molecular formula is C12H21N3O. The Labute approximate surface area is 96.7 Å². The predicted molar refractivity (Wildman–Crippen MR) is 63.3 cm³/mol. The Balaban J connectivity index is 2.09. The van der Waals surface area contributed by atoms with E-state index in [1.807, 2.05) is 11.7 Å². The number of nitrogens with zero attached hydrogens (tertiary/aromatic N) is 2. The molecule has 1 aromatic rings. The fourth-order valence-electron chi connectivity index (χ4n) is 2.35. The van der Waals surface area contributed by atoms with Crippen LogP contribution in [-0.4, -0.2) is 33.6 Å². The van der Waals surface area contributed by atoms with Crippen LogP contribution in [0, 0.1) is 0 Å². The standard InChI is InChI=1S/C12H21N3O/c1-3-10-7-11(15(2)14-10)8-12(16)5-4-6-13-9-12/h7,13,16H,3-6,8-9H2,1-2H3. The summed E-state index contributed by atoms with van der Waals surface area (Å²) in [6, 6.07) is 2.10. The van der Waals surface area contributed by atoms with E-state index in [1.165, 1.54) is 0 Å². The molecule has 0 spiro atoms. The van der Waals surface area contributed by atoms with Crippen molar-refractivity contribution in [2.24, 2.45) is 7.05 Å². The molecule has 1 aromatic heterocycles. The molecule has 1 aliphatic heterocycles. The molecule has 0 aliphatic carbocycles. The van der Waals surface area contributed by atoms with E-state index in [0.717, 1.165) is 37.2 Å². The van der Waals surface area contributed by atoms with Crippen LogP contribution >= 0.6 is 0 Å². The lowest BCUT2D eigenvalue weighted by Gasteiger charge is -2.32. The maximum absolute atomic E-state index is 10.4. The molecule has 0 saturated carbocycles. The quantitative estimate of drug-likeness (QED) is 0.790. The van der Waals surface area contributed by atoms with Gasteiger partial charge in [0.1, 0.15) is 0 Å². The van der Waals surface area contributed by atoms with Gasteiger partial charge in [-0.1, -0.05) is 6.92 Å². The Morgan fingerprint density at radius 3 is 3.00 bits per heavy atom. The van der Waals surface area contributed by atoms with Crippen molar-refractivity contribution in [1.29, 1.82) is 0 Å². The highest BCUT2D eigenvalue weighted by atomic mass is 16.3. The molecule has 2 rings (SSSR count). The summed E-state index contributed by atoms with van der Waals surface area (Å²) < 4.78 is 1.89. The molecule has 90 valence electrons. The lowest BCUT2D eigenvalue weighted by molar-refractivity contribution is 0.0153. The van der Waals surface area contributed by atoms with Gasteiger partial charge in [0.05, 0.1) is 11.3 Å². The molecule has 0 amide bonds. The number of hydrogen-bond donors (Lipinski definition) is 2. The van der Waals surface area contributed by atoms with E-state index in [9.17, 15) is 5.11 Å². The maximum Gasteiger partial charge on any atom is 0.0827 e. The smallest absolute Gasteiger partial charge is 0.0827 e. The largest absolute Gasteiger partial charge is 0.388 e. The molecule has 0 aromatic carbocycles. The number of rotatable bonds is 3. The van der Waals surface area contributed by atoms with Crippen molar-refractivity contribution in [2.45, 2.75) is 38.2 Å². The van der Waals surface area contributed by atoms with Crippen molar-refractivity contribution in [3.63, 3.8) is 0 Å². The van der Waals surface area contributed by atoms with Crippen LogP contribution in [0.1, 0.15) is 31.2 Å². The SMILES string of the molecule is CCc1cc(CC2(O)CCCNC2)n(C)n1. The summed E-state index contributed by atoms with van der Waals surface area (Å²) >= 11 is 0. The average Bonchev–Trinajstić information content (AvgIpc) is 2.60. The Kier molecular flexibility index (Phi) is 3.30. The monoisotopic (exact) mass is 223 g/mol. The summed E-state index contributed by atoms with van der Waals surface area (Å²) in [6.07, 6.45) is 3.58. The van der Waals surface area contributed by atoms with E-state index >= 15 is 0 Å². The second-order valence-electron chi connectivity index (χ2n) is 4.79. The van der Waals surface area contributed by atoms with Gasteiger partial charge in [-0.05, 0) is 31.9 Å². The highest BCUT2D eigenvalue weighted by Crippen LogP contribution is 2.21. The van der Waals surface area contributed by atoms with E-state index < -0.39 is 5.60 Å². The third kappa shape index (κ3) is 2.44. The topological polar surface area (TPSA) is 50.1 Å². The van der Waals surface area contributed by atoms with Gasteiger partial charge in [0.15, 0.2) is 0 Å². The summed E-state index contributed by atoms with van der Waals surface area (Å²) in [5.41, 5.74) is 1.64. The molecule has 0 radical (unpaired) electrons. The Hall–Kier alpha value is -0.870. The maximum atomic E-state index is 10.4. The van der Waals surface area contributed by atoms with Crippen LogP contribution in [0.5, 0.6) is 0 Å². The van der Waals surface area contributed by atoms with Gasteiger partial charge in [-0.25, -0.2) is 0 Å². The highest BCUT2D eigenvalue weighted by Gasteiger charge is 2.30. The number of aryl methyl sites for hydroxylation is 2. The van der Waals surface area contributed by atoms with Crippen LogP contribution in [0.2, 0.25) is 0 Å². The lowest BCUT2D eigenvalue weighted by atomic mass is 9.89. The first-order valence-electron chi connectivity index (χ1n) is 6.08. The normalized spacial score (nSPS) is 25.9. The fraction of sp³-hybridized carbons (Fsp3) is 0.750. The number of aliphatic hydroxyl groups is 1. The number of hydrogen-bond acceptors (Lipinski definition) is 3. The van der Waals surface area contributed by atoms with E-state index in [0.29, 0.717) is 13.0 Å². The van der Waals surface area contributed by atoms with Gasteiger partial charge >= 0.3 is 0 Å². The number of β-amino-alcohol motifs (C(OH)–C–C–N with tert-alkyl or cyclic N) is 1. The first-order chi connectivity index (χ1) is 7.63. The molecule has 16 heavy (non-hydrogen) atoms. The molecular weight excluding hydrogens is 202 g/mol. The molecule has 0 bridgehead atoms. The van der Waals surface area contributed by atoms with Crippen molar-refractivity contribution >= 4 is 0 Å². The summed E-state index contributed by atoms with van der Waals surface area (Å²) in [7, 11) is 1.95. The van der Waals surface area contributed by atoms with Gasteiger partial charge in [-0.2, -0.15) is 5.10 Å². The Morgan fingerprint density at radius 2 is 2.44 bits per heavy atom. The van der Waals surface area contributed by atoms with Gasteiger partial charge in [0.2, 0.25) is 0 Å². The van der Waals surface area contributed by atoms with Crippen LogP contribution in [0.4, 0.5) is 0 Å². The van der Waals surface area contributed by atoms with Gasteiger partial charge in [-0.15, -0.1) is 0 Å². The molecule has 1 fully saturated rings. The second-order valence-corrected chi connectivity index (χ2v) is 4.79. The van der Waals surface area contributed by atoms with Gasteiger partial charge in [0.25, 0.3) is 0 Å². The fourth-order valence-corrected chi connectivity index (χ4v) is 2.35. The molecule has 1 aliphatic rings. The van der Waals surface area contributed by atoms with Gasteiger partial charge in [-0.3, -0.25) is 4.68 Å². The third-order valence-electron chi connectivity index (χ3n) is 3.35. The van der Waals surface area contributed by atoms with Crippen LogP contribution in [0.3, 0.4) is 0 Å². The zero-order chi connectivity index (χ0) is 11.6. The van der Waals surface area contributed by atoms with E-state index in [2.05, 4.69) is 23.4 Å². The lowest BCUT2D eigenvalue weighted by Crippen LogP contribution is -2.47. The molecule has 4 nitrogen and oxygen atoms in total. The highest BCUT2D eigenvalue weighted by molar-refractivity contribution is 5.13. The van der Waals surface area contributed by atoms with Gasteiger partial charge < -0.3 is 10.4 Å². The Bertz CT molecular complexity index is 353. The zero-order valence-corrected chi connectivity index (χ0v) is 10.2. The van der Waals surface area contributed by atoms with Crippen molar-refractivity contribution in [3.05, 3.63) is 17.5 Å². The zero-order valence-electron chi connectivity index (χ0n) is 10.2. The second kappa shape index (κ2) is 4.55. The molecule has 1 atom stereocenters. The molecule has 1 saturated heterocycles. The third-order valence-corrected chi connectivity index (χ3v) is 3.35. The number of piperidine rings is 1. The minimum absolute atomic E-state index is 0.586. The summed E-state index contributed by atoms with van der Waals surface area (Å²) in [6.45, 7) is 3.82. The van der Waals surface area contributed by atoms with Crippen LogP contribution in [-0.2, 0) is 19.9 Å². The van der Waals surface area contributed by atoms with Crippen molar-refractivity contribution in [2.75, 3.05) is 13.1 Å². The first-order valence-corrected chi connectivity index (χ1v) is 6.08. The molecule has 2 heterocycles. The predicted octanol–water partition coefficient (Wildman–Crippen LogP) is 0.639. The van der Waals surface area contributed by atoms with E-state index in [1.54, 1.807) is 0 Å². The summed E-state index contributed by atoms with van der Waals surface area (Å²) in [4.78, 5) is 0. The van der Waals surface area contributed by atoms with Crippen LogP contribution in [0.25, 0.3) is 0 Å². The molecule has 4 heteroatoms. The molecule has 1 unspecified atom stereocenters. The van der Waals surface area contributed by atoms with Crippen LogP contribution < -0.4 is 5.32 Å². The Morgan fingerprint density at radius 1 is 1.62 bits per heavy atom. The minimum atomic E-state index is -0.586. The first kappa shape index (κ1) is 11.6. The van der Waals surface area contributed by atoms with E-state index in [4.69, 9.17) is 0 Å². The van der Waals surface area contributed by atoms with Crippen molar-refractivity contribution in [3.8, 4) is 0 Å². The van der Waals surface area contributed by atoms with E-state index in [-0.39, 0.29) is 0 Å². The van der Waals surface area contributed by atoms with Gasteiger partial charge in [0, 0.05) is 25.7 Å². The van der Waals surface area contributed by atoms with Crippen molar-refractivity contribution in [1.82, 2.24) is 15.1 Å². The van der Waals surface area contributed by atoms with Crippen molar-refractivity contribution < 1.29 is 5.11 Å². The minimum Gasteiger partial charge on any atom is -0.388 e. The summed E-state index contributed by atoms with van der Waals surface area (Å²) in [5.74, 6) is 0. The number of nitrogens with one attached hydrogen (secondary N) is 1. The summed E-state index contributed by atoms with van der Waals surface area (Å²) in [5, 5.41) is 18.1. The average molecular weight is 223 g/mol. The molecule has 2 N–H and O–H groups in total.